The predicted molar refractivity (Wildman–Crippen MR) is 109 cm³/mol. The van der Waals surface area contributed by atoms with E-state index in [0.29, 0.717) is 39.5 Å². The van der Waals surface area contributed by atoms with Crippen LogP contribution in [0.15, 0.2) is 24.8 Å². The van der Waals surface area contributed by atoms with E-state index < -0.39 is 12.1 Å². The molecule has 10 heteroatoms. The number of alkyl halides is 1. The molecule has 5 rings (SSSR count). The summed E-state index contributed by atoms with van der Waals surface area (Å²) >= 11 is 0. The fourth-order valence-corrected chi connectivity index (χ4v) is 3.75. The second kappa shape index (κ2) is 6.48. The number of nitrogens with one attached hydrogen (secondary N) is 2. The van der Waals surface area contributed by atoms with Crippen LogP contribution in [-0.2, 0) is 4.79 Å². The van der Waals surface area contributed by atoms with E-state index in [9.17, 15) is 9.18 Å². The Labute approximate surface area is 169 Å². The molecule has 0 bridgehead atoms. The van der Waals surface area contributed by atoms with E-state index in [4.69, 9.17) is 0 Å². The van der Waals surface area contributed by atoms with E-state index in [0.717, 1.165) is 5.39 Å². The molecule has 2 atom stereocenters. The molecule has 8 nitrogen and oxygen atoms in total. The first-order chi connectivity index (χ1) is 14.3. The lowest BCUT2D eigenvalue weighted by atomic mass is 9.99. The van der Waals surface area contributed by atoms with E-state index in [2.05, 4.69) is 25.5 Å². The molecule has 0 radical (unpaired) electrons. The molecule has 1 saturated carbocycles. The number of anilines is 2. The van der Waals surface area contributed by atoms with Gasteiger partial charge in [0.1, 0.15) is 6.17 Å². The summed E-state index contributed by atoms with van der Waals surface area (Å²) in [5.41, 5.74) is 3.15. The monoisotopic (exact) mass is 411 g/mol. The lowest BCUT2D eigenvalue weighted by molar-refractivity contribution is -0.117. The average molecular weight is 411 g/mol. The maximum Gasteiger partial charge on any atom is 0.231 e. The van der Waals surface area contributed by atoms with Gasteiger partial charge in [-0.05, 0) is 18.9 Å². The largest absolute Gasteiger partial charge is 0.374 e. The van der Waals surface area contributed by atoms with Crippen molar-refractivity contribution < 1.29 is 13.6 Å². The van der Waals surface area contributed by atoms with Gasteiger partial charge in [0.25, 0.3) is 0 Å². The molecule has 0 aliphatic heterocycles. The van der Waals surface area contributed by atoms with Crippen molar-refractivity contribution in [1.29, 1.82) is 0 Å². The Morgan fingerprint density at radius 1 is 1.33 bits per heavy atom. The van der Waals surface area contributed by atoms with Gasteiger partial charge in [0, 0.05) is 31.2 Å². The molecule has 3 aromatic heterocycles. The topological polar surface area (TPSA) is 91.2 Å². The van der Waals surface area contributed by atoms with Crippen LogP contribution >= 0.6 is 0 Å². The summed E-state index contributed by atoms with van der Waals surface area (Å²) in [7, 11) is 3.55. The number of amides is 1. The van der Waals surface area contributed by atoms with Crippen LogP contribution < -0.4 is 10.2 Å². The van der Waals surface area contributed by atoms with E-state index >= 15 is 4.39 Å². The van der Waals surface area contributed by atoms with E-state index in [1.165, 1.54) is 0 Å². The molecule has 1 aromatic carbocycles. The number of carbonyl (C=O) groups is 1. The van der Waals surface area contributed by atoms with Crippen molar-refractivity contribution >= 4 is 34.0 Å². The molecule has 0 spiro atoms. The highest BCUT2D eigenvalue weighted by Crippen LogP contribution is 2.38. The summed E-state index contributed by atoms with van der Waals surface area (Å²) in [6.07, 6.45) is 5.72. The molecule has 2 N–H and O–H groups in total. The molecule has 1 aliphatic rings. The van der Waals surface area contributed by atoms with Crippen molar-refractivity contribution in [3.8, 4) is 11.3 Å². The van der Waals surface area contributed by atoms with Gasteiger partial charge in [-0.15, -0.1) is 0 Å². The smallest absolute Gasteiger partial charge is 0.231 e. The van der Waals surface area contributed by atoms with Crippen LogP contribution in [0, 0.1) is 18.7 Å². The van der Waals surface area contributed by atoms with Crippen LogP contribution in [0.5, 0.6) is 0 Å². The van der Waals surface area contributed by atoms with Crippen molar-refractivity contribution in [1.82, 2.24) is 24.6 Å². The molecule has 1 fully saturated rings. The number of rotatable bonds is 4. The fraction of sp³-hybridized carbons (Fsp3) is 0.300. The third-order valence-corrected chi connectivity index (χ3v) is 5.40. The van der Waals surface area contributed by atoms with Gasteiger partial charge in [-0.25, -0.2) is 13.8 Å². The summed E-state index contributed by atoms with van der Waals surface area (Å²) in [5.74, 6) is -1.01. The number of fused-ring (bicyclic) bond motifs is 2. The maximum atomic E-state index is 15.2. The minimum atomic E-state index is -1.07. The minimum absolute atomic E-state index is 0.249. The molecule has 1 aliphatic carbocycles. The van der Waals surface area contributed by atoms with Gasteiger partial charge in [0.05, 0.1) is 41.4 Å². The number of aromatic amines is 1. The van der Waals surface area contributed by atoms with Crippen molar-refractivity contribution in [2.75, 3.05) is 24.3 Å². The highest BCUT2D eigenvalue weighted by atomic mass is 19.1. The summed E-state index contributed by atoms with van der Waals surface area (Å²) in [6.45, 7) is 1.71. The molecule has 2 unspecified atom stereocenters. The third-order valence-electron chi connectivity index (χ3n) is 5.40. The standard InChI is InChI=1S/C20H19F2N7O/c1-9-16(11-5-24-27-18(11)19(17(9)22)28(2)3)13-7-29-8-14(25-15(29)6-23-13)26-20(30)10-4-12(10)21/h5-8,10,12H,4H2,1-3H3,(H,24,27)(H,26,30). The molecular formula is C20H19F2N7O. The fourth-order valence-electron chi connectivity index (χ4n) is 3.75. The molecule has 3 heterocycles. The number of halogens is 2. The molecular weight excluding hydrogens is 392 g/mol. The summed E-state index contributed by atoms with van der Waals surface area (Å²) in [4.78, 5) is 22.4. The van der Waals surface area contributed by atoms with Crippen LogP contribution in [0.2, 0.25) is 0 Å². The van der Waals surface area contributed by atoms with Crippen molar-refractivity contribution in [3.63, 3.8) is 0 Å². The Balaban J connectivity index is 1.59. The predicted octanol–water partition coefficient (Wildman–Crippen LogP) is 3.08. The first kappa shape index (κ1) is 18.5. The normalized spacial score (nSPS) is 18.2. The number of aromatic nitrogens is 5. The third kappa shape index (κ3) is 2.78. The average Bonchev–Trinajstić information content (AvgIpc) is 3.08. The minimum Gasteiger partial charge on any atom is -0.374 e. The van der Waals surface area contributed by atoms with Crippen molar-refractivity contribution in [2.24, 2.45) is 5.92 Å². The van der Waals surface area contributed by atoms with E-state index in [1.807, 2.05) is 0 Å². The van der Waals surface area contributed by atoms with Crippen molar-refractivity contribution in [3.05, 3.63) is 36.2 Å². The Morgan fingerprint density at radius 2 is 2.10 bits per heavy atom. The van der Waals surface area contributed by atoms with Crippen LogP contribution in [-0.4, -0.2) is 50.7 Å². The molecule has 154 valence electrons. The summed E-state index contributed by atoms with van der Waals surface area (Å²) in [5, 5.41) is 10.4. The second-order valence-corrected chi connectivity index (χ2v) is 7.73. The number of imidazole rings is 1. The summed E-state index contributed by atoms with van der Waals surface area (Å²) < 4.78 is 29.9. The van der Waals surface area contributed by atoms with Gasteiger partial charge in [-0.2, -0.15) is 5.10 Å². The molecule has 0 saturated heterocycles. The molecule has 30 heavy (non-hydrogen) atoms. The Hall–Kier alpha value is -3.56. The number of H-pyrrole nitrogens is 1. The number of hydrogen-bond donors (Lipinski definition) is 2. The maximum absolute atomic E-state index is 15.2. The van der Waals surface area contributed by atoms with Crippen molar-refractivity contribution in [2.45, 2.75) is 19.5 Å². The zero-order chi connectivity index (χ0) is 21.2. The number of hydrogen-bond acceptors (Lipinski definition) is 5. The van der Waals surface area contributed by atoms with E-state index in [1.54, 1.807) is 55.1 Å². The zero-order valence-corrected chi connectivity index (χ0v) is 16.6. The van der Waals surface area contributed by atoms with Gasteiger partial charge >= 0.3 is 0 Å². The lowest BCUT2D eigenvalue weighted by Gasteiger charge is -2.18. The van der Waals surface area contributed by atoms with Gasteiger partial charge in [-0.3, -0.25) is 14.9 Å². The zero-order valence-electron chi connectivity index (χ0n) is 16.6. The Kier molecular flexibility index (Phi) is 3.99. The Bertz CT molecular complexity index is 1310. The SMILES string of the molecule is Cc1c(F)c(N(C)C)c2[nH]ncc2c1-c1cn2cc(NC(=O)C3CC3F)nc2cn1. The Morgan fingerprint density at radius 3 is 2.80 bits per heavy atom. The highest BCUT2D eigenvalue weighted by molar-refractivity contribution is 6.02. The first-order valence-corrected chi connectivity index (χ1v) is 9.47. The van der Waals surface area contributed by atoms with Crippen LogP contribution in [0.25, 0.3) is 27.8 Å². The first-order valence-electron chi connectivity index (χ1n) is 9.47. The van der Waals surface area contributed by atoms with Gasteiger partial charge in [0.15, 0.2) is 17.3 Å². The van der Waals surface area contributed by atoms with Crippen LogP contribution in [0.1, 0.15) is 12.0 Å². The quantitative estimate of drug-likeness (QED) is 0.539. The number of benzene rings is 1. The summed E-state index contributed by atoms with van der Waals surface area (Å²) in [6, 6.07) is 0. The lowest BCUT2D eigenvalue weighted by Crippen LogP contribution is -2.15. The number of carbonyl (C=O) groups excluding carboxylic acids is 1. The van der Waals surface area contributed by atoms with E-state index in [-0.39, 0.29) is 18.1 Å². The van der Waals surface area contributed by atoms with Gasteiger partial charge in [0.2, 0.25) is 5.91 Å². The molecule has 1 amide bonds. The van der Waals surface area contributed by atoms with Gasteiger partial charge < -0.3 is 14.6 Å². The van der Waals surface area contributed by atoms with Crippen LogP contribution in [0.4, 0.5) is 20.3 Å². The molecule has 4 aromatic rings. The van der Waals surface area contributed by atoms with Crippen LogP contribution in [0.3, 0.4) is 0 Å². The highest BCUT2D eigenvalue weighted by Gasteiger charge is 2.43. The van der Waals surface area contributed by atoms with Gasteiger partial charge in [-0.1, -0.05) is 0 Å². The number of nitrogens with zero attached hydrogens (tertiary/aromatic N) is 5. The second-order valence-electron chi connectivity index (χ2n) is 7.73.